The Morgan fingerprint density at radius 2 is 2.00 bits per heavy atom. The first-order valence-electron chi connectivity index (χ1n) is 6.27. The highest BCUT2D eigenvalue weighted by atomic mass is 16.1. The van der Waals surface area contributed by atoms with Crippen molar-refractivity contribution in [1.29, 1.82) is 0 Å². The summed E-state index contributed by atoms with van der Waals surface area (Å²) in [5.41, 5.74) is 1.33. The molecule has 0 heterocycles. The van der Waals surface area contributed by atoms with Gasteiger partial charge in [-0.25, -0.2) is 0 Å². The molecule has 0 saturated heterocycles. The summed E-state index contributed by atoms with van der Waals surface area (Å²) in [4.78, 5) is 12.1. The summed E-state index contributed by atoms with van der Waals surface area (Å²) in [6.45, 7) is 2.31. The number of benzene rings is 1. The van der Waals surface area contributed by atoms with Crippen LogP contribution in [0, 0.1) is 17.3 Å². The Hall–Kier alpha value is -1.11. The van der Waals surface area contributed by atoms with E-state index in [4.69, 9.17) is 0 Å². The molecule has 2 bridgehead atoms. The molecule has 0 aliphatic heterocycles. The van der Waals surface area contributed by atoms with E-state index in [-0.39, 0.29) is 5.41 Å². The molecular weight excluding hydrogens is 196 g/mol. The van der Waals surface area contributed by atoms with Gasteiger partial charge < -0.3 is 0 Å². The van der Waals surface area contributed by atoms with Gasteiger partial charge in [-0.1, -0.05) is 37.3 Å². The summed E-state index contributed by atoms with van der Waals surface area (Å²) in [5, 5.41) is 0. The summed E-state index contributed by atoms with van der Waals surface area (Å²) in [5.74, 6) is 1.96. The second-order valence-electron chi connectivity index (χ2n) is 5.72. The molecule has 3 rings (SSSR count). The fourth-order valence-corrected chi connectivity index (χ4v) is 3.75. The van der Waals surface area contributed by atoms with Gasteiger partial charge in [-0.15, -0.1) is 0 Å². The van der Waals surface area contributed by atoms with E-state index in [1.54, 1.807) is 0 Å². The van der Waals surface area contributed by atoms with Gasteiger partial charge in [0.1, 0.15) is 5.78 Å². The lowest BCUT2D eigenvalue weighted by molar-refractivity contribution is -0.127. The van der Waals surface area contributed by atoms with Crippen molar-refractivity contribution in [2.45, 2.75) is 32.6 Å². The molecule has 1 nitrogen and oxygen atoms in total. The van der Waals surface area contributed by atoms with E-state index in [0.29, 0.717) is 11.7 Å². The molecule has 84 valence electrons. The quantitative estimate of drug-likeness (QED) is 0.738. The summed E-state index contributed by atoms with van der Waals surface area (Å²) < 4.78 is 0. The Kier molecular flexibility index (Phi) is 2.17. The van der Waals surface area contributed by atoms with Crippen LogP contribution in [0.4, 0.5) is 0 Å². The van der Waals surface area contributed by atoms with Crippen LogP contribution in [0.2, 0.25) is 0 Å². The van der Waals surface area contributed by atoms with Crippen molar-refractivity contribution < 1.29 is 4.79 Å². The molecule has 16 heavy (non-hydrogen) atoms. The maximum Gasteiger partial charge on any atom is 0.139 e. The predicted octanol–water partition coefficient (Wildman–Crippen LogP) is 3.23. The standard InChI is InChI=1S/C15H18O/c1-11-8-15(10-13(11)7-14(15)16)9-12-5-3-2-4-6-12/h2-6,11,13H,7-10H2,1H3/t11-,13?,15-/m0/s1. The molecule has 3 atom stereocenters. The van der Waals surface area contributed by atoms with Gasteiger partial charge in [0.05, 0.1) is 0 Å². The van der Waals surface area contributed by atoms with Crippen LogP contribution in [0.15, 0.2) is 30.3 Å². The SMILES string of the molecule is C[C@H]1C[C@]2(Cc3ccccc3)CC1CC2=O. The van der Waals surface area contributed by atoms with Crippen molar-refractivity contribution in [1.82, 2.24) is 0 Å². The van der Waals surface area contributed by atoms with Crippen LogP contribution < -0.4 is 0 Å². The lowest BCUT2D eigenvalue weighted by Crippen LogP contribution is -2.29. The van der Waals surface area contributed by atoms with Gasteiger partial charge in [0.25, 0.3) is 0 Å². The van der Waals surface area contributed by atoms with Crippen LogP contribution >= 0.6 is 0 Å². The van der Waals surface area contributed by atoms with E-state index in [9.17, 15) is 4.79 Å². The molecule has 1 heteroatoms. The van der Waals surface area contributed by atoms with E-state index >= 15 is 0 Å². The fourth-order valence-electron chi connectivity index (χ4n) is 3.75. The molecule has 0 aromatic heterocycles. The van der Waals surface area contributed by atoms with Gasteiger partial charge in [0, 0.05) is 11.8 Å². The van der Waals surface area contributed by atoms with E-state index in [2.05, 4.69) is 31.2 Å². The second kappa shape index (κ2) is 3.44. The third-order valence-electron chi connectivity index (χ3n) is 4.59. The smallest absolute Gasteiger partial charge is 0.139 e. The molecule has 0 amide bonds. The zero-order chi connectivity index (χ0) is 11.2. The Morgan fingerprint density at radius 3 is 2.62 bits per heavy atom. The van der Waals surface area contributed by atoms with Crippen LogP contribution in [0.25, 0.3) is 0 Å². The summed E-state index contributed by atoms with van der Waals surface area (Å²) in [6, 6.07) is 10.5. The lowest BCUT2D eigenvalue weighted by atomic mass is 9.75. The monoisotopic (exact) mass is 214 g/mol. The summed E-state index contributed by atoms with van der Waals surface area (Å²) in [7, 11) is 0. The highest BCUT2D eigenvalue weighted by molar-refractivity contribution is 5.88. The largest absolute Gasteiger partial charge is 0.299 e. The van der Waals surface area contributed by atoms with Gasteiger partial charge in [-0.05, 0) is 36.7 Å². The van der Waals surface area contributed by atoms with Crippen molar-refractivity contribution in [3.05, 3.63) is 35.9 Å². The molecule has 0 radical (unpaired) electrons. The first-order valence-corrected chi connectivity index (χ1v) is 6.27. The Balaban J connectivity index is 1.87. The van der Waals surface area contributed by atoms with Crippen molar-refractivity contribution in [3.8, 4) is 0 Å². The van der Waals surface area contributed by atoms with E-state index < -0.39 is 0 Å². The van der Waals surface area contributed by atoms with Crippen molar-refractivity contribution in [2.24, 2.45) is 17.3 Å². The Labute approximate surface area is 96.9 Å². The molecule has 1 aromatic carbocycles. The summed E-state index contributed by atoms with van der Waals surface area (Å²) >= 11 is 0. The van der Waals surface area contributed by atoms with Crippen LogP contribution in [0.3, 0.4) is 0 Å². The minimum absolute atomic E-state index is 0.00539. The number of Topliss-reactive ketones (excluding diaryl/α,β-unsaturated/α-hetero) is 1. The van der Waals surface area contributed by atoms with Crippen LogP contribution in [0.5, 0.6) is 0 Å². The zero-order valence-electron chi connectivity index (χ0n) is 9.78. The average Bonchev–Trinajstić information content (AvgIpc) is 2.73. The predicted molar refractivity (Wildman–Crippen MR) is 64.1 cm³/mol. The van der Waals surface area contributed by atoms with Gasteiger partial charge in [0.15, 0.2) is 0 Å². The number of hydrogen-bond donors (Lipinski definition) is 0. The Morgan fingerprint density at radius 1 is 1.25 bits per heavy atom. The number of fused-ring (bicyclic) bond motifs is 2. The third kappa shape index (κ3) is 1.41. The first-order chi connectivity index (χ1) is 7.70. The third-order valence-corrected chi connectivity index (χ3v) is 4.59. The second-order valence-corrected chi connectivity index (χ2v) is 5.72. The van der Waals surface area contributed by atoms with E-state index in [1.165, 1.54) is 5.56 Å². The first kappa shape index (κ1) is 10.1. The van der Waals surface area contributed by atoms with Crippen molar-refractivity contribution >= 4 is 5.78 Å². The number of hydrogen-bond acceptors (Lipinski definition) is 1. The van der Waals surface area contributed by atoms with Gasteiger partial charge >= 0.3 is 0 Å². The number of carbonyl (C=O) groups is 1. The van der Waals surface area contributed by atoms with E-state index in [1.807, 2.05) is 6.07 Å². The maximum atomic E-state index is 12.1. The van der Waals surface area contributed by atoms with Gasteiger partial charge in [-0.2, -0.15) is 0 Å². The minimum atomic E-state index is 0.00539. The topological polar surface area (TPSA) is 17.1 Å². The van der Waals surface area contributed by atoms with Crippen LogP contribution in [-0.2, 0) is 11.2 Å². The number of rotatable bonds is 2. The highest BCUT2D eigenvalue weighted by Crippen LogP contribution is 2.56. The zero-order valence-corrected chi connectivity index (χ0v) is 9.78. The van der Waals surface area contributed by atoms with E-state index in [0.717, 1.165) is 31.6 Å². The molecule has 0 spiro atoms. The average molecular weight is 214 g/mol. The molecule has 2 aliphatic rings. The molecule has 2 fully saturated rings. The number of ketones is 1. The summed E-state index contributed by atoms with van der Waals surface area (Å²) in [6.07, 6.45) is 4.06. The van der Waals surface area contributed by atoms with Crippen LogP contribution in [0.1, 0.15) is 31.7 Å². The van der Waals surface area contributed by atoms with Crippen molar-refractivity contribution in [3.63, 3.8) is 0 Å². The molecule has 0 N–H and O–H groups in total. The van der Waals surface area contributed by atoms with Crippen molar-refractivity contribution in [2.75, 3.05) is 0 Å². The van der Waals surface area contributed by atoms with Gasteiger partial charge in [0.2, 0.25) is 0 Å². The number of carbonyl (C=O) groups excluding carboxylic acids is 1. The molecule has 2 saturated carbocycles. The molecular formula is C15H18O. The highest BCUT2D eigenvalue weighted by Gasteiger charge is 2.54. The minimum Gasteiger partial charge on any atom is -0.299 e. The molecule has 1 aromatic rings. The maximum absolute atomic E-state index is 12.1. The van der Waals surface area contributed by atoms with Gasteiger partial charge in [-0.3, -0.25) is 4.79 Å². The normalized spacial score (nSPS) is 36.9. The lowest BCUT2D eigenvalue weighted by Gasteiger charge is -2.27. The Bertz CT molecular complexity index is 405. The fraction of sp³-hybridized carbons (Fsp3) is 0.533. The molecule has 2 aliphatic carbocycles. The molecule has 1 unspecified atom stereocenters. The van der Waals surface area contributed by atoms with Crippen LogP contribution in [-0.4, -0.2) is 5.78 Å².